The van der Waals surface area contributed by atoms with E-state index in [2.05, 4.69) is 22.9 Å². The zero-order chi connectivity index (χ0) is 10.5. The van der Waals surface area contributed by atoms with Gasteiger partial charge < -0.3 is 9.64 Å². The van der Waals surface area contributed by atoms with Crippen molar-refractivity contribution >= 4 is 5.82 Å². The summed E-state index contributed by atoms with van der Waals surface area (Å²) in [6, 6.07) is 6.05. The maximum atomic E-state index is 5.67. The molecule has 0 spiro atoms. The molecule has 0 saturated carbocycles. The minimum atomic E-state index is 0.380. The highest BCUT2D eigenvalue weighted by Crippen LogP contribution is 2.18. The lowest BCUT2D eigenvalue weighted by Gasteiger charge is -2.33. The number of pyridine rings is 1. The largest absolute Gasteiger partial charge is 0.377 e. The molecule has 1 aliphatic rings. The number of piperidine rings is 1. The van der Waals surface area contributed by atoms with Gasteiger partial charge in [-0.3, -0.25) is 0 Å². The van der Waals surface area contributed by atoms with Crippen LogP contribution in [0.2, 0.25) is 0 Å². The lowest BCUT2D eigenvalue weighted by Crippen LogP contribution is -2.40. The molecule has 2 rings (SSSR count). The summed E-state index contributed by atoms with van der Waals surface area (Å²) in [6.07, 6.45) is 4.60. The number of ether oxygens (including phenoxy) is 1. The summed E-state index contributed by atoms with van der Waals surface area (Å²) in [5.41, 5.74) is 0. The molecule has 0 amide bonds. The van der Waals surface area contributed by atoms with Crippen molar-refractivity contribution in [3.8, 4) is 0 Å². The van der Waals surface area contributed by atoms with E-state index in [0.717, 1.165) is 25.5 Å². The summed E-state index contributed by atoms with van der Waals surface area (Å²) in [4.78, 5) is 6.68. The fraction of sp³-hybridized carbons (Fsp3) is 0.583. The predicted octanol–water partition coefficient (Wildman–Crippen LogP) is 2.09. The van der Waals surface area contributed by atoms with Gasteiger partial charge in [-0.25, -0.2) is 4.98 Å². The SMILES string of the molecule is CCOC1CCCN(c2ccccn2)C1. The predicted molar refractivity (Wildman–Crippen MR) is 61.1 cm³/mol. The first-order valence-electron chi connectivity index (χ1n) is 5.67. The highest BCUT2D eigenvalue weighted by molar-refractivity contribution is 5.38. The third kappa shape index (κ3) is 2.69. The fourth-order valence-electron chi connectivity index (χ4n) is 2.06. The van der Waals surface area contributed by atoms with Crippen molar-refractivity contribution in [1.29, 1.82) is 0 Å². The van der Waals surface area contributed by atoms with E-state index in [-0.39, 0.29) is 0 Å². The molecule has 0 bridgehead atoms. The number of hydrogen-bond donors (Lipinski definition) is 0. The van der Waals surface area contributed by atoms with E-state index in [9.17, 15) is 0 Å². The number of anilines is 1. The maximum Gasteiger partial charge on any atom is 0.128 e. The van der Waals surface area contributed by atoms with Crippen LogP contribution in [0.25, 0.3) is 0 Å². The van der Waals surface area contributed by atoms with Crippen LogP contribution in [0.5, 0.6) is 0 Å². The monoisotopic (exact) mass is 206 g/mol. The van der Waals surface area contributed by atoms with Crippen molar-refractivity contribution < 1.29 is 4.74 Å². The third-order valence-electron chi connectivity index (χ3n) is 2.75. The molecule has 1 fully saturated rings. The van der Waals surface area contributed by atoms with Crippen LogP contribution in [0.1, 0.15) is 19.8 Å². The minimum Gasteiger partial charge on any atom is -0.377 e. The average molecular weight is 206 g/mol. The van der Waals surface area contributed by atoms with Crippen molar-refractivity contribution in [2.75, 3.05) is 24.6 Å². The van der Waals surface area contributed by atoms with Gasteiger partial charge in [0.25, 0.3) is 0 Å². The molecule has 1 aliphatic heterocycles. The van der Waals surface area contributed by atoms with Gasteiger partial charge in [0.05, 0.1) is 6.10 Å². The normalized spacial score (nSPS) is 21.7. The molecule has 3 heteroatoms. The molecule has 0 radical (unpaired) electrons. The minimum absolute atomic E-state index is 0.380. The molecule has 1 aromatic heterocycles. The Morgan fingerprint density at radius 1 is 1.53 bits per heavy atom. The standard InChI is InChI=1S/C12H18N2O/c1-2-15-11-6-5-9-14(10-11)12-7-3-4-8-13-12/h3-4,7-8,11H,2,5-6,9-10H2,1H3. The first-order chi connectivity index (χ1) is 7.40. The lowest BCUT2D eigenvalue weighted by molar-refractivity contribution is 0.0525. The Morgan fingerprint density at radius 2 is 2.47 bits per heavy atom. The molecule has 82 valence electrons. The van der Waals surface area contributed by atoms with Crippen molar-refractivity contribution in [2.45, 2.75) is 25.9 Å². The van der Waals surface area contributed by atoms with Crippen LogP contribution in [0, 0.1) is 0 Å². The Hall–Kier alpha value is -1.09. The molecule has 1 unspecified atom stereocenters. The maximum absolute atomic E-state index is 5.67. The topological polar surface area (TPSA) is 25.4 Å². The van der Waals surface area contributed by atoms with E-state index in [1.165, 1.54) is 12.8 Å². The summed E-state index contributed by atoms with van der Waals surface area (Å²) < 4.78 is 5.67. The van der Waals surface area contributed by atoms with Crippen LogP contribution in [-0.2, 0) is 4.74 Å². The second-order valence-corrected chi connectivity index (χ2v) is 3.85. The number of nitrogens with zero attached hydrogens (tertiary/aromatic N) is 2. The molecule has 2 heterocycles. The van der Waals surface area contributed by atoms with Crippen LogP contribution in [0.15, 0.2) is 24.4 Å². The van der Waals surface area contributed by atoms with E-state index >= 15 is 0 Å². The quantitative estimate of drug-likeness (QED) is 0.757. The molecule has 1 saturated heterocycles. The van der Waals surface area contributed by atoms with E-state index in [4.69, 9.17) is 4.74 Å². The molecule has 0 aliphatic carbocycles. The van der Waals surface area contributed by atoms with Gasteiger partial charge in [-0.15, -0.1) is 0 Å². The van der Waals surface area contributed by atoms with Crippen LogP contribution >= 0.6 is 0 Å². The smallest absolute Gasteiger partial charge is 0.128 e. The fourth-order valence-corrected chi connectivity index (χ4v) is 2.06. The molecule has 1 atom stereocenters. The van der Waals surface area contributed by atoms with E-state index in [1.54, 1.807) is 0 Å². The van der Waals surface area contributed by atoms with Gasteiger partial charge in [0, 0.05) is 25.9 Å². The Balaban J connectivity index is 1.98. The highest BCUT2D eigenvalue weighted by atomic mass is 16.5. The van der Waals surface area contributed by atoms with E-state index < -0.39 is 0 Å². The number of hydrogen-bond acceptors (Lipinski definition) is 3. The number of aromatic nitrogens is 1. The van der Waals surface area contributed by atoms with Crippen molar-refractivity contribution in [1.82, 2.24) is 4.98 Å². The second-order valence-electron chi connectivity index (χ2n) is 3.85. The summed E-state index contributed by atoms with van der Waals surface area (Å²) >= 11 is 0. The van der Waals surface area contributed by atoms with Gasteiger partial charge >= 0.3 is 0 Å². The highest BCUT2D eigenvalue weighted by Gasteiger charge is 2.20. The second kappa shape index (κ2) is 5.12. The molecule has 0 aromatic carbocycles. The van der Waals surface area contributed by atoms with Crippen molar-refractivity contribution in [3.05, 3.63) is 24.4 Å². The third-order valence-corrected chi connectivity index (χ3v) is 2.75. The molecule has 0 N–H and O–H groups in total. The molecule has 1 aromatic rings. The van der Waals surface area contributed by atoms with Gasteiger partial charge in [0.2, 0.25) is 0 Å². The van der Waals surface area contributed by atoms with Gasteiger partial charge in [-0.2, -0.15) is 0 Å². The van der Waals surface area contributed by atoms with Crippen LogP contribution in [-0.4, -0.2) is 30.8 Å². The van der Waals surface area contributed by atoms with Gasteiger partial charge in [-0.05, 0) is 31.9 Å². The summed E-state index contributed by atoms with van der Waals surface area (Å²) in [6.45, 7) is 4.94. The van der Waals surface area contributed by atoms with Crippen LogP contribution in [0.4, 0.5) is 5.82 Å². The number of rotatable bonds is 3. The Bertz CT molecular complexity index is 287. The van der Waals surface area contributed by atoms with Gasteiger partial charge in [0.15, 0.2) is 0 Å². The van der Waals surface area contributed by atoms with Gasteiger partial charge in [0.1, 0.15) is 5.82 Å². The summed E-state index contributed by atoms with van der Waals surface area (Å²) in [7, 11) is 0. The Kier molecular flexibility index (Phi) is 3.56. The molecular weight excluding hydrogens is 188 g/mol. The summed E-state index contributed by atoms with van der Waals surface area (Å²) in [5, 5.41) is 0. The molecular formula is C12H18N2O. The van der Waals surface area contributed by atoms with E-state index in [1.807, 2.05) is 18.3 Å². The Morgan fingerprint density at radius 3 is 3.20 bits per heavy atom. The van der Waals surface area contributed by atoms with Crippen LogP contribution in [0.3, 0.4) is 0 Å². The van der Waals surface area contributed by atoms with Crippen molar-refractivity contribution in [3.63, 3.8) is 0 Å². The average Bonchev–Trinajstić information content (AvgIpc) is 2.31. The lowest BCUT2D eigenvalue weighted by atomic mass is 10.1. The van der Waals surface area contributed by atoms with Crippen molar-refractivity contribution in [2.24, 2.45) is 0 Å². The molecule has 3 nitrogen and oxygen atoms in total. The zero-order valence-corrected chi connectivity index (χ0v) is 9.22. The Labute approximate surface area is 91.1 Å². The first kappa shape index (κ1) is 10.4. The van der Waals surface area contributed by atoms with E-state index in [0.29, 0.717) is 6.10 Å². The van der Waals surface area contributed by atoms with Crippen LogP contribution < -0.4 is 4.90 Å². The zero-order valence-electron chi connectivity index (χ0n) is 9.22. The summed E-state index contributed by atoms with van der Waals surface area (Å²) in [5.74, 6) is 1.07. The first-order valence-corrected chi connectivity index (χ1v) is 5.67. The van der Waals surface area contributed by atoms with Gasteiger partial charge in [-0.1, -0.05) is 6.07 Å². The molecule has 15 heavy (non-hydrogen) atoms.